The number of carbonyl (C=O) groups is 2. The molecule has 1 fully saturated rings. The molecule has 2 aliphatic heterocycles. The van der Waals surface area contributed by atoms with Crippen molar-refractivity contribution in [3.05, 3.63) is 65.5 Å². The van der Waals surface area contributed by atoms with Crippen molar-refractivity contribution in [3.63, 3.8) is 0 Å². The molecule has 0 spiro atoms. The van der Waals surface area contributed by atoms with E-state index < -0.39 is 0 Å². The fraction of sp³-hybridized carbons (Fsp3) is 0.391. The van der Waals surface area contributed by atoms with Crippen molar-refractivity contribution in [2.75, 3.05) is 39.0 Å². The van der Waals surface area contributed by atoms with Crippen LogP contribution in [0.25, 0.3) is 0 Å². The van der Waals surface area contributed by atoms with Crippen LogP contribution in [0.15, 0.2) is 48.5 Å². The normalized spacial score (nSPS) is 19.0. The van der Waals surface area contributed by atoms with Gasteiger partial charge in [0.25, 0.3) is 0 Å². The van der Waals surface area contributed by atoms with Gasteiger partial charge in [-0.3, -0.25) is 9.69 Å². The predicted molar refractivity (Wildman–Crippen MR) is 114 cm³/mol. The highest BCUT2D eigenvalue weighted by atomic mass is 19.1. The van der Waals surface area contributed by atoms with Crippen molar-refractivity contribution in [2.24, 2.45) is 0 Å². The number of rotatable bonds is 4. The number of nitrogens with one attached hydrogen (secondary N) is 1. The third-order valence-electron chi connectivity index (χ3n) is 6.01. The lowest BCUT2D eigenvalue weighted by Gasteiger charge is -2.50. The molecule has 1 N–H and O–H groups in total. The van der Waals surface area contributed by atoms with Crippen LogP contribution in [0.1, 0.15) is 23.6 Å². The Bertz CT molecular complexity index is 942. The van der Waals surface area contributed by atoms with E-state index in [1.807, 2.05) is 12.1 Å². The van der Waals surface area contributed by atoms with E-state index in [4.69, 9.17) is 0 Å². The van der Waals surface area contributed by atoms with Gasteiger partial charge in [0.15, 0.2) is 0 Å². The quantitative estimate of drug-likeness (QED) is 0.843. The fourth-order valence-corrected chi connectivity index (χ4v) is 4.28. The first kappa shape index (κ1) is 20.3. The van der Waals surface area contributed by atoms with Crippen molar-refractivity contribution >= 4 is 17.6 Å². The van der Waals surface area contributed by atoms with Crippen LogP contribution in [0.5, 0.6) is 0 Å². The molecule has 2 aliphatic rings. The molecular weight excluding hydrogens is 383 g/mol. The minimum absolute atomic E-state index is 0.0169. The standard InChI is InChI=1S/C23H27FN4O2/c1-26(2)22(29)13-21-20-9-4-3-6-16(20)10-11-28(21)19-14-27(15-19)23(30)25-18-8-5-7-17(24)12-18/h3-9,12,19,21H,10-11,13-15H2,1-2H3,(H,25,30). The number of fused-ring (bicyclic) bond motifs is 1. The smallest absolute Gasteiger partial charge is 0.321 e. The second-order valence-electron chi connectivity index (χ2n) is 8.19. The van der Waals surface area contributed by atoms with E-state index in [0.717, 1.165) is 13.0 Å². The van der Waals surface area contributed by atoms with Crippen molar-refractivity contribution in [3.8, 4) is 0 Å². The van der Waals surface area contributed by atoms with E-state index >= 15 is 0 Å². The number of urea groups is 1. The maximum absolute atomic E-state index is 13.3. The van der Waals surface area contributed by atoms with Crippen molar-refractivity contribution in [1.82, 2.24) is 14.7 Å². The summed E-state index contributed by atoms with van der Waals surface area (Å²) in [7, 11) is 3.56. The average Bonchev–Trinajstić information content (AvgIpc) is 2.68. The van der Waals surface area contributed by atoms with Crippen LogP contribution < -0.4 is 5.32 Å². The molecule has 0 aromatic heterocycles. The number of hydrogen-bond acceptors (Lipinski definition) is 3. The predicted octanol–water partition coefficient (Wildman–Crippen LogP) is 3.12. The molecule has 2 aromatic carbocycles. The monoisotopic (exact) mass is 410 g/mol. The van der Waals surface area contributed by atoms with Gasteiger partial charge in [-0.1, -0.05) is 30.3 Å². The zero-order valence-corrected chi connectivity index (χ0v) is 17.3. The van der Waals surface area contributed by atoms with Crippen LogP contribution in [-0.2, 0) is 11.2 Å². The van der Waals surface area contributed by atoms with E-state index in [9.17, 15) is 14.0 Å². The summed E-state index contributed by atoms with van der Waals surface area (Å²) in [6.07, 6.45) is 1.37. The first-order valence-electron chi connectivity index (χ1n) is 10.3. The first-order valence-corrected chi connectivity index (χ1v) is 10.3. The van der Waals surface area contributed by atoms with E-state index in [0.29, 0.717) is 25.2 Å². The van der Waals surface area contributed by atoms with Gasteiger partial charge in [0.2, 0.25) is 5.91 Å². The highest BCUT2D eigenvalue weighted by molar-refractivity contribution is 5.90. The van der Waals surface area contributed by atoms with Gasteiger partial charge in [-0.05, 0) is 35.7 Å². The summed E-state index contributed by atoms with van der Waals surface area (Å²) in [6.45, 7) is 2.05. The van der Waals surface area contributed by atoms with Gasteiger partial charge in [0, 0.05) is 57.9 Å². The number of carbonyl (C=O) groups excluding carboxylic acids is 2. The highest BCUT2D eigenvalue weighted by Crippen LogP contribution is 2.36. The van der Waals surface area contributed by atoms with Gasteiger partial charge in [0.1, 0.15) is 5.82 Å². The second kappa shape index (κ2) is 8.44. The lowest BCUT2D eigenvalue weighted by Crippen LogP contribution is -2.63. The van der Waals surface area contributed by atoms with Gasteiger partial charge in [0.05, 0.1) is 0 Å². The average molecular weight is 410 g/mol. The summed E-state index contributed by atoms with van der Waals surface area (Å²) in [6, 6.07) is 14.2. The Balaban J connectivity index is 1.43. The van der Waals surface area contributed by atoms with E-state index in [-0.39, 0.29) is 29.8 Å². The molecule has 30 heavy (non-hydrogen) atoms. The van der Waals surface area contributed by atoms with Gasteiger partial charge in [-0.25, -0.2) is 9.18 Å². The number of nitrogens with zero attached hydrogens (tertiary/aromatic N) is 3. The lowest BCUT2D eigenvalue weighted by atomic mass is 9.88. The second-order valence-corrected chi connectivity index (χ2v) is 8.19. The van der Waals surface area contributed by atoms with Crippen molar-refractivity contribution < 1.29 is 14.0 Å². The van der Waals surface area contributed by atoms with Crippen LogP contribution >= 0.6 is 0 Å². The molecule has 1 unspecified atom stereocenters. The van der Waals surface area contributed by atoms with Crippen LogP contribution in [0.3, 0.4) is 0 Å². The maximum atomic E-state index is 13.3. The molecule has 0 bridgehead atoms. The summed E-state index contributed by atoms with van der Waals surface area (Å²) < 4.78 is 13.3. The summed E-state index contributed by atoms with van der Waals surface area (Å²) >= 11 is 0. The molecule has 6 nitrogen and oxygen atoms in total. The zero-order chi connectivity index (χ0) is 21.3. The Morgan fingerprint density at radius 2 is 1.90 bits per heavy atom. The number of anilines is 1. The van der Waals surface area contributed by atoms with Crippen LogP contribution in [0.2, 0.25) is 0 Å². The molecule has 0 radical (unpaired) electrons. The van der Waals surface area contributed by atoms with Gasteiger partial charge in [-0.15, -0.1) is 0 Å². The molecule has 2 aromatic rings. The Morgan fingerprint density at radius 1 is 1.13 bits per heavy atom. The minimum atomic E-state index is -0.380. The van der Waals surface area contributed by atoms with Gasteiger partial charge >= 0.3 is 6.03 Å². The Hall–Kier alpha value is -2.93. The van der Waals surface area contributed by atoms with E-state index in [1.54, 1.807) is 36.0 Å². The van der Waals surface area contributed by atoms with Crippen LogP contribution in [0, 0.1) is 5.82 Å². The zero-order valence-electron chi connectivity index (χ0n) is 17.3. The van der Waals surface area contributed by atoms with Gasteiger partial charge < -0.3 is 15.1 Å². The number of hydrogen-bond donors (Lipinski definition) is 1. The third-order valence-corrected chi connectivity index (χ3v) is 6.01. The van der Waals surface area contributed by atoms with Crippen molar-refractivity contribution in [1.29, 1.82) is 0 Å². The molecule has 0 saturated carbocycles. The van der Waals surface area contributed by atoms with E-state index in [1.165, 1.54) is 23.3 Å². The number of amides is 3. The Morgan fingerprint density at radius 3 is 2.63 bits per heavy atom. The maximum Gasteiger partial charge on any atom is 0.321 e. The molecule has 3 amide bonds. The summed E-state index contributed by atoms with van der Waals surface area (Å²) in [5.41, 5.74) is 2.96. The first-order chi connectivity index (χ1) is 14.4. The minimum Gasteiger partial charge on any atom is -0.349 e. The molecule has 4 rings (SSSR count). The number of halogens is 1. The number of benzene rings is 2. The van der Waals surface area contributed by atoms with Crippen molar-refractivity contribution in [2.45, 2.75) is 24.9 Å². The molecule has 158 valence electrons. The molecule has 1 atom stereocenters. The topological polar surface area (TPSA) is 55.9 Å². The SMILES string of the molecule is CN(C)C(=O)CC1c2ccccc2CCN1C1CN(C(=O)Nc2cccc(F)c2)C1. The molecule has 7 heteroatoms. The molecule has 2 heterocycles. The highest BCUT2D eigenvalue weighted by Gasteiger charge is 2.41. The van der Waals surface area contributed by atoms with Crippen LogP contribution in [0.4, 0.5) is 14.9 Å². The van der Waals surface area contributed by atoms with E-state index in [2.05, 4.69) is 22.3 Å². The van der Waals surface area contributed by atoms with Crippen LogP contribution in [-0.4, -0.2) is 66.4 Å². The molecular formula is C23H27FN4O2. The summed E-state index contributed by atoms with van der Waals surface area (Å²) in [5.74, 6) is -0.281. The summed E-state index contributed by atoms with van der Waals surface area (Å²) in [4.78, 5) is 30.7. The third kappa shape index (κ3) is 4.16. The Labute approximate surface area is 176 Å². The molecule has 0 aliphatic carbocycles. The largest absolute Gasteiger partial charge is 0.349 e. The fourth-order valence-electron chi connectivity index (χ4n) is 4.28. The Kier molecular flexibility index (Phi) is 5.72. The lowest BCUT2D eigenvalue weighted by molar-refractivity contribution is -0.130. The van der Waals surface area contributed by atoms with Gasteiger partial charge in [-0.2, -0.15) is 0 Å². The number of likely N-dealkylation sites (tertiary alicyclic amines) is 1. The molecule has 1 saturated heterocycles. The summed E-state index contributed by atoms with van der Waals surface area (Å²) in [5, 5.41) is 2.75.